The number of carbonyl (C=O) groups excluding carboxylic acids is 2. The van der Waals surface area contributed by atoms with Crippen molar-refractivity contribution in [2.75, 3.05) is 18.6 Å². The zero-order valence-electron chi connectivity index (χ0n) is 15.0. The number of para-hydroxylation sites is 1. The van der Waals surface area contributed by atoms with Gasteiger partial charge in [0.15, 0.2) is 0 Å². The number of hydrogen-bond donors (Lipinski definition) is 1. The van der Waals surface area contributed by atoms with Gasteiger partial charge in [0, 0.05) is 29.4 Å². The summed E-state index contributed by atoms with van der Waals surface area (Å²) in [6.07, 6.45) is 2.53. The van der Waals surface area contributed by atoms with E-state index in [4.69, 9.17) is 9.15 Å². The molecule has 0 unspecified atom stereocenters. The molecule has 1 N–H and O–H groups in total. The molecule has 5 rings (SSSR count). The Balaban J connectivity index is 1.52. The fourth-order valence-corrected chi connectivity index (χ4v) is 3.81. The quantitative estimate of drug-likeness (QED) is 0.722. The minimum Gasteiger partial charge on any atom is -0.495 e. The first-order valence-electron chi connectivity index (χ1n) is 9.27. The molecule has 6 nitrogen and oxygen atoms in total. The molecule has 1 atom stereocenters. The van der Waals surface area contributed by atoms with E-state index >= 15 is 0 Å². The maximum absolute atomic E-state index is 12.9. The second-order valence-electron chi connectivity index (χ2n) is 7.23. The van der Waals surface area contributed by atoms with Crippen LogP contribution in [-0.2, 0) is 9.59 Å². The summed E-state index contributed by atoms with van der Waals surface area (Å²) < 4.78 is 11.5. The highest BCUT2D eigenvalue weighted by atomic mass is 16.5. The molecular formula is C21H20N2O4. The van der Waals surface area contributed by atoms with E-state index in [1.807, 2.05) is 36.4 Å². The van der Waals surface area contributed by atoms with Crippen molar-refractivity contribution in [1.82, 2.24) is 5.32 Å². The molecule has 3 aromatic rings. The Morgan fingerprint density at radius 2 is 1.96 bits per heavy atom. The predicted molar refractivity (Wildman–Crippen MR) is 102 cm³/mol. The van der Waals surface area contributed by atoms with Crippen LogP contribution in [0.2, 0.25) is 0 Å². The highest BCUT2D eigenvalue weighted by Gasteiger charge is 2.40. The Bertz CT molecular complexity index is 1070. The largest absolute Gasteiger partial charge is 0.495 e. The summed E-state index contributed by atoms with van der Waals surface area (Å²) in [5, 5.41) is 4.89. The molecule has 27 heavy (non-hydrogen) atoms. The van der Waals surface area contributed by atoms with Gasteiger partial charge in [-0.25, -0.2) is 0 Å². The highest BCUT2D eigenvalue weighted by molar-refractivity contribution is 6.12. The minimum atomic E-state index is -0.623. The standard InChI is InChI=1S/C21H20N2O4/c1-26-19-10-15-13-4-2-3-5-17(13)27-18(15)11-16(19)23-9-8-14(21(23)25)20(24)22-12-6-7-12/h2-5,10-12,14H,6-9H2,1H3,(H,22,24)/t14-/m1/s1. The zero-order chi connectivity index (χ0) is 18.5. The molecule has 2 heterocycles. The lowest BCUT2D eigenvalue weighted by Crippen LogP contribution is -2.37. The molecule has 2 aliphatic rings. The van der Waals surface area contributed by atoms with Crippen molar-refractivity contribution in [1.29, 1.82) is 0 Å². The molecule has 2 fully saturated rings. The summed E-state index contributed by atoms with van der Waals surface area (Å²) in [7, 11) is 1.59. The molecule has 1 aromatic heterocycles. The Morgan fingerprint density at radius 3 is 2.74 bits per heavy atom. The molecule has 2 amide bonds. The molecule has 1 aliphatic carbocycles. The molecule has 1 saturated heterocycles. The van der Waals surface area contributed by atoms with Crippen LogP contribution in [0.15, 0.2) is 40.8 Å². The second kappa shape index (κ2) is 6.01. The number of furan rings is 1. The van der Waals surface area contributed by atoms with Crippen molar-refractivity contribution in [3.63, 3.8) is 0 Å². The number of benzene rings is 2. The molecule has 6 heteroatoms. The summed E-state index contributed by atoms with van der Waals surface area (Å²) in [6.45, 7) is 0.490. The second-order valence-corrected chi connectivity index (χ2v) is 7.23. The fraction of sp³-hybridized carbons (Fsp3) is 0.333. The average Bonchev–Trinajstić information content (AvgIpc) is 3.29. The maximum atomic E-state index is 12.9. The minimum absolute atomic E-state index is 0.159. The van der Waals surface area contributed by atoms with E-state index in [1.165, 1.54) is 0 Å². The van der Waals surface area contributed by atoms with E-state index in [1.54, 1.807) is 12.0 Å². The van der Waals surface area contributed by atoms with Gasteiger partial charge in [0.2, 0.25) is 11.8 Å². The smallest absolute Gasteiger partial charge is 0.239 e. The summed E-state index contributed by atoms with van der Waals surface area (Å²) in [5.41, 5.74) is 2.14. The Labute approximate surface area is 156 Å². The first-order chi connectivity index (χ1) is 13.2. The van der Waals surface area contributed by atoms with Crippen LogP contribution in [0.3, 0.4) is 0 Å². The van der Waals surface area contributed by atoms with Crippen LogP contribution in [-0.4, -0.2) is 31.5 Å². The number of nitrogens with one attached hydrogen (secondary N) is 1. The van der Waals surface area contributed by atoms with E-state index < -0.39 is 5.92 Å². The number of amides is 2. The van der Waals surface area contributed by atoms with Gasteiger partial charge in [-0.1, -0.05) is 18.2 Å². The van der Waals surface area contributed by atoms with Crippen LogP contribution >= 0.6 is 0 Å². The number of methoxy groups -OCH3 is 1. The first-order valence-corrected chi connectivity index (χ1v) is 9.27. The van der Waals surface area contributed by atoms with Gasteiger partial charge in [0.05, 0.1) is 12.8 Å². The van der Waals surface area contributed by atoms with Crippen molar-refractivity contribution in [3.05, 3.63) is 36.4 Å². The van der Waals surface area contributed by atoms with Crippen LogP contribution in [0.5, 0.6) is 5.75 Å². The van der Waals surface area contributed by atoms with Crippen molar-refractivity contribution in [3.8, 4) is 5.75 Å². The summed E-state index contributed by atoms with van der Waals surface area (Å²) in [6, 6.07) is 11.8. The normalized spacial score (nSPS) is 19.8. The highest BCUT2D eigenvalue weighted by Crippen LogP contribution is 2.40. The molecule has 1 saturated carbocycles. The van der Waals surface area contributed by atoms with Gasteiger partial charge in [-0.05, 0) is 31.4 Å². The van der Waals surface area contributed by atoms with Crippen molar-refractivity contribution in [2.24, 2.45) is 5.92 Å². The number of nitrogens with zero attached hydrogens (tertiary/aromatic N) is 1. The summed E-state index contributed by atoms with van der Waals surface area (Å²) >= 11 is 0. The van der Waals surface area contributed by atoms with E-state index in [9.17, 15) is 9.59 Å². The Hall–Kier alpha value is -3.02. The number of fused-ring (bicyclic) bond motifs is 3. The molecule has 0 radical (unpaired) electrons. The molecule has 1 aliphatic heterocycles. The van der Waals surface area contributed by atoms with E-state index in [-0.39, 0.29) is 17.9 Å². The van der Waals surface area contributed by atoms with E-state index in [0.29, 0.717) is 30.0 Å². The summed E-state index contributed by atoms with van der Waals surface area (Å²) in [5.74, 6) is -0.358. The lowest BCUT2D eigenvalue weighted by molar-refractivity contribution is -0.132. The molecule has 0 bridgehead atoms. The Kier molecular flexibility index (Phi) is 3.60. The van der Waals surface area contributed by atoms with Crippen molar-refractivity contribution < 1.29 is 18.7 Å². The van der Waals surface area contributed by atoms with Gasteiger partial charge >= 0.3 is 0 Å². The number of carbonyl (C=O) groups is 2. The number of ether oxygens (including phenoxy) is 1. The molecule has 138 valence electrons. The van der Waals surface area contributed by atoms with Crippen LogP contribution in [0, 0.1) is 5.92 Å². The van der Waals surface area contributed by atoms with E-state index in [2.05, 4.69) is 5.32 Å². The monoisotopic (exact) mass is 364 g/mol. The molecule has 0 spiro atoms. The molecular weight excluding hydrogens is 344 g/mol. The topological polar surface area (TPSA) is 71.8 Å². The Morgan fingerprint density at radius 1 is 1.15 bits per heavy atom. The first kappa shape index (κ1) is 16.2. The van der Waals surface area contributed by atoms with Gasteiger partial charge in [-0.3, -0.25) is 9.59 Å². The fourth-order valence-electron chi connectivity index (χ4n) is 3.81. The van der Waals surface area contributed by atoms with Crippen molar-refractivity contribution in [2.45, 2.75) is 25.3 Å². The van der Waals surface area contributed by atoms with Crippen LogP contribution in [0.25, 0.3) is 21.9 Å². The van der Waals surface area contributed by atoms with E-state index in [0.717, 1.165) is 29.2 Å². The van der Waals surface area contributed by atoms with Crippen LogP contribution in [0.1, 0.15) is 19.3 Å². The lowest BCUT2D eigenvalue weighted by Gasteiger charge is -2.19. The van der Waals surface area contributed by atoms with Crippen LogP contribution < -0.4 is 15.0 Å². The number of rotatable bonds is 4. The third kappa shape index (κ3) is 2.63. The third-order valence-electron chi connectivity index (χ3n) is 5.41. The van der Waals surface area contributed by atoms with Gasteiger partial charge in [-0.2, -0.15) is 0 Å². The SMILES string of the molecule is COc1cc2c(cc1N1CC[C@H](C(=O)NC3CC3)C1=O)oc1ccccc12. The lowest BCUT2D eigenvalue weighted by atomic mass is 10.1. The molecule has 2 aromatic carbocycles. The third-order valence-corrected chi connectivity index (χ3v) is 5.41. The predicted octanol–water partition coefficient (Wildman–Crippen LogP) is 3.23. The van der Waals surface area contributed by atoms with Crippen LogP contribution in [0.4, 0.5) is 5.69 Å². The number of hydrogen-bond acceptors (Lipinski definition) is 4. The average molecular weight is 364 g/mol. The van der Waals surface area contributed by atoms with Gasteiger partial charge in [0.1, 0.15) is 22.8 Å². The maximum Gasteiger partial charge on any atom is 0.239 e. The zero-order valence-corrected chi connectivity index (χ0v) is 15.0. The summed E-state index contributed by atoms with van der Waals surface area (Å²) in [4.78, 5) is 26.9. The number of anilines is 1. The van der Waals surface area contributed by atoms with Gasteiger partial charge in [-0.15, -0.1) is 0 Å². The van der Waals surface area contributed by atoms with Gasteiger partial charge < -0.3 is 19.4 Å². The van der Waals surface area contributed by atoms with Crippen molar-refractivity contribution >= 4 is 39.4 Å². The van der Waals surface area contributed by atoms with Gasteiger partial charge in [0.25, 0.3) is 0 Å².